The van der Waals surface area contributed by atoms with Crippen LogP contribution in [0, 0.1) is 0 Å². The zero-order valence-electron chi connectivity index (χ0n) is 20.8. The lowest BCUT2D eigenvalue weighted by Gasteiger charge is -2.43. The lowest BCUT2D eigenvalue weighted by atomic mass is 10.2. The van der Waals surface area contributed by atoms with Crippen LogP contribution in [0.4, 0.5) is 0 Å². The van der Waals surface area contributed by atoms with E-state index < -0.39 is 14.3 Å². The van der Waals surface area contributed by atoms with Gasteiger partial charge >= 0.3 is 5.97 Å². The summed E-state index contributed by atoms with van der Waals surface area (Å²) in [6.07, 6.45) is -0.288. The van der Waals surface area contributed by atoms with Crippen molar-refractivity contribution in [2.75, 3.05) is 20.8 Å². The second-order valence-electron chi connectivity index (χ2n) is 9.26. The van der Waals surface area contributed by atoms with Gasteiger partial charge in [0.15, 0.2) is 11.5 Å². The highest BCUT2D eigenvalue weighted by Crippen LogP contribution is 2.37. The molecule has 3 aromatic rings. The normalized spacial score (nSPS) is 12.6. The summed E-state index contributed by atoms with van der Waals surface area (Å²) in [5, 5.41) is 2.30. The third-order valence-electron chi connectivity index (χ3n) is 5.86. The van der Waals surface area contributed by atoms with Crippen molar-refractivity contribution in [2.24, 2.45) is 0 Å². The average molecular weight is 479 g/mol. The third-order valence-corrected chi connectivity index (χ3v) is 10.9. The fraction of sp³-hybridized carbons (Fsp3) is 0.321. The molecule has 0 aliphatic rings. The van der Waals surface area contributed by atoms with Crippen LogP contribution in [0.3, 0.4) is 0 Å². The molecular formula is C28H34O5Si. The first-order valence-corrected chi connectivity index (χ1v) is 13.3. The maximum atomic E-state index is 12.0. The minimum absolute atomic E-state index is 0.127. The van der Waals surface area contributed by atoms with Crippen LogP contribution in [0.1, 0.15) is 38.1 Å². The van der Waals surface area contributed by atoms with Gasteiger partial charge in [-0.1, -0.05) is 81.4 Å². The Kier molecular flexibility index (Phi) is 8.18. The second-order valence-corrected chi connectivity index (χ2v) is 13.6. The summed E-state index contributed by atoms with van der Waals surface area (Å²) in [5.41, 5.74) is 0.401. The van der Waals surface area contributed by atoms with Crippen molar-refractivity contribution in [3.8, 4) is 11.5 Å². The highest BCUT2D eigenvalue weighted by Gasteiger charge is 2.50. The van der Waals surface area contributed by atoms with E-state index >= 15 is 0 Å². The minimum atomic E-state index is -2.67. The van der Waals surface area contributed by atoms with Gasteiger partial charge < -0.3 is 18.6 Å². The molecule has 6 heteroatoms. The van der Waals surface area contributed by atoms with E-state index in [0.717, 1.165) is 0 Å². The maximum absolute atomic E-state index is 12.0. The number of carbonyl (C=O) groups excluding carboxylic acids is 1. The molecule has 3 rings (SSSR count). The number of benzene rings is 3. The Morgan fingerprint density at radius 1 is 0.853 bits per heavy atom. The van der Waals surface area contributed by atoms with Gasteiger partial charge in [-0.15, -0.1) is 0 Å². The molecule has 0 saturated heterocycles. The minimum Gasteiger partial charge on any atom is -0.493 e. The van der Waals surface area contributed by atoms with E-state index in [9.17, 15) is 4.79 Å². The SMILES string of the molecule is COC(=O)c1ccc(OC)c(OC(C)CO[Si](c2ccccc2)(c2ccccc2)C(C)(C)C)c1. The Hall–Kier alpha value is -3.09. The van der Waals surface area contributed by atoms with Crippen LogP contribution in [0.25, 0.3) is 0 Å². The summed E-state index contributed by atoms with van der Waals surface area (Å²) in [4.78, 5) is 12.0. The molecular weight excluding hydrogens is 444 g/mol. The van der Waals surface area contributed by atoms with Crippen molar-refractivity contribution < 1.29 is 23.4 Å². The molecule has 0 saturated carbocycles. The number of ether oxygens (including phenoxy) is 3. The van der Waals surface area contributed by atoms with E-state index in [1.54, 1.807) is 25.3 Å². The van der Waals surface area contributed by atoms with E-state index in [-0.39, 0.29) is 11.1 Å². The van der Waals surface area contributed by atoms with Crippen LogP contribution < -0.4 is 19.8 Å². The molecule has 5 nitrogen and oxygen atoms in total. The topological polar surface area (TPSA) is 54.0 Å². The zero-order chi connectivity index (χ0) is 24.8. The predicted molar refractivity (Wildman–Crippen MR) is 138 cm³/mol. The van der Waals surface area contributed by atoms with Gasteiger partial charge in [-0.05, 0) is 40.5 Å². The molecule has 0 aliphatic heterocycles. The first-order valence-electron chi connectivity index (χ1n) is 11.4. The zero-order valence-corrected chi connectivity index (χ0v) is 21.8. The molecule has 0 amide bonds. The molecule has 0 N–H and O–H groups in total. The van der Waals surface area contributed by atoms with E-state index in [4.69, 9.17) is 18.6 Å². The number of hydrogen-bond donors (Lipinski definition) is 0. The molecule has 34 heavy (non-hydrogen) atoms. The molecule has 1 atom stereocenters. The third kappa shape index (κ3) is 5.34. The van der Waals surface area contributed by atoms with Gasteiger partial charge in [0.1, 0.15) is 6.10 Å². The van der Waals surface area contributed by atoms with Crippen LogP contribution in [-0.4, -0.2) is 41.2 Å². The number of carbonyl (C=O) groups is 1. The van der Waals surface area contributed by atoms with E-state index in [0.29, 0.717) is 23.7 Å². The number of esters is 1. The summed E-state index contributed by atoms with van der Waals surface area (Å²) in [5.74, 6) is 0.595. The Morgan fingerprint density at radius 2 is 1.41 bits per heavy atom. The lowest BCUT2D eigenvalue weighted by molar-refractivity contribution is 0.0599. The van der Waals surface area contributed by atoms with Gasteiger partial charge in [0.25, 0.3) is 8.32 Å². The molecule has 1 unspecified atom stereocenters. The van der Waals surface area contributed by atoms with E-state index in [1.165, 1.54) is 17.5 Å². The molecule has 0 radical (unpaired) electrons. The van der Waals surface area contributed by atoms with Gasteiger partial charge in [-0.25, -0.2) is 4.79 Å². The molecule has 0 aromatic heterocycles. The summed E-state index contributed by atoms with van der Waals surface area (Å²) in [6.45, 7) is 9.07. The first kappa shape index (κ1) is 25.5. The number of methoxy groups -OCH3 is 2. The number of hydrogen-bond acceptors (Lipinski definition) is 5. The van der Waals surface area contributed by atoms with Crippen LogP contribution in [-0.2, 0) is 9.16 Å². The Balaban J connectivity index is 1.93. The van der Waals surface area contributed by atoms with E-state index in [1.807, 2.05) is 19.1 Å². The summed E-state index contributed by atoms with van der Waals surface area (Å²) >= 11 is 0. The van der Waals surface area contributed by atoms with Gasteiger partial charge in [-0.3, -0.25) is 0 Å². The smallest absolute Gasteiger partial charge is 0.337 e. The molecule has 0 heterocycles. The fourth-order valence-corrected chi connectivity index (χ4v) is 8.91. The molecule has 0 aliphatic carbocycles. The molecule has 3 aromatic carbocycles. The van der Waals surface area contributed by atoms with Gasteiger partial charge in [0, 0.05) is 0 Å². The van der Waals surface area contributed by atoms with Crippen LogP contribution in [0.5, 0.6) is 11.5 Å². The van der Waals surface area contributed by atoms with Crippen molar-refractivity contribution in [3.63, 3.8) is 0 Å². The Labute approximate surface area is 203 Å². The Bertz CT molecular complexity index is 1040. The van der Waals surface area contributed by atoms with Crippen molar-refractivity contribution in [2.45, 2.75) is 38.8 Å². The highest BCUT2D eigenvalue weighted by molar-refractivity contribution is 6.99. The first-order chi connectivity index (χ1) is 16.2. The van der Waals surface area contributed by atoms with Crippen molar-refractivity contribution >= 4 is 24.7 Å². The second kappa shape index (κ2) is 10.9. The van der Waals surface area contributed by atoms with Crippen molar-refractivity contribution in [1.29, 1.82) is 0 Å². The molecule has 0 fully saturated rings. The molecule has 0 spiro atoms. The largest absolute Gasteiger partial charge is 0.493 e. The van der Waals surface area contributed by atoms with Gasteiger partial charge in [-0.2, -0.15) is 0 Å². The van der Waals surface area contributed by atoms with Crippen LogP contribution >= 0.6 is 0 Å². The van der Waals surface area contributed by atoms with Gasteiger partial charge in [0.05, 0.1) is 26.4 Å². The predicted octanol–water partition coefficient (Wildman–Crippen LogP) is 4.83. The number of rotatable bonds is 9. The molecule has 0 bridgehead atoms. The Morgan fingerprint density at radius 3 is 1.88 bits per heavy atom. The monoisotopic (exact) mass is 478 g/mol. The fourth-order valence-electron chi connectivity index (χ4n) is 4.27. The lowest BCUT2D eigenvalue weighted by Crippen LogP contribution is -2.67. The standard InChI is InChI=1S/C28H34O5Si/c1-21(33-26-19-22(27(29)31-6)17-18-25(26)30-5)20-32-34(28(2,3)4,23-13-9-7-10-14-23)24-15-11-8-12-16-24/h7-19,21H,20H2,1-6H3. The van der Waals surface area contributed by atoms with Crippen molar-refractivity contribution in [3.05, 3.63) is 84.4 Å². The highest BCUT2D eigenvalue weighted by atomic mass is 28.4. The quantitative estimate of drug-likeness (QED) is 0.326. The van der Waals surface area contributed by atoms with Crippen LogP contribution in [0.2, 0.25) is 5.04 Å². The maximum Gasteiger partial charge on any atom is 0.337 e. The average Bonchev–Trinajstić information content (AvgIpc) is 2.84. The van der Waals surface area contributed by atoms with Crippen LogP contribution in [0.15, 0.2) is 78.9 Å². The van der Waals surface area contributed by atoms with E-state index in [2.05, 4.69) is 69.3 Å². The summed E-state index contributed by atoms with van der Waals surface area (Å²) < 4.78 is 23.5. The van der Waals surface area contributed by atoms with Crippen molar-refractivity contribution in [1.82, 2.24) is 0 Å². The summed E-state index contributed by atoms with van der Waals surface area (Å²) in [7, 11) is 0.256. The summed E-state index contributed by atoms with van der Waals surface area (Å²) in [6, 6.07) is 26.0. The van der Waals surface area contributed by atoms with Gasteiger partial charge in [0.2, 0.25) is 0 Å². The molecule has 180 valence electrons.